The fourth-order valence-corrected chi connectivity index (χ4v) is 2.32. The molecule has 1 fully saturated rings. The quantitative estimate of drug-likeness (QED) is 0.832. The van der Waals surface area contributed by atoms with Crippen molar-refractivity contribution in [3.8, 4) is 5.75 Å². The van der Waals surface area contributed by atoms with Crippen LogP contribution in [0.3, 0.4) is 0 Å². The molecule has 2 N–H and O–H groups in total. The summed E-state index contributed by atoms with van der Waals surface area (Å²) in [4.78, 5) is 12.0. The van der Waals surface area contributed by atoms with E-state index in [1.807, 2.05) is 18.2 Å². The van der Waals surface area contributed by atoms with Crippen LogP contribution in [0.5, 0.6) is 5.75 Å². The van der Waals surface area contributed by atoms with E-state index in [1.165, 1.54) is 0 Å². The van der Waals surface area contributed by atoms with Gasteiger partial charge in [-0.2, -0.15) is 0 Å². The number of hydrogen-bond acceptors (Lipinski definition) is 5. The third-order valence-electron chi connectivity index (χ3n) is 3.59. The van der Waals surface area contributed by atoms with E-state index in [1.54, 1.807) is 14.0 Å². The van der Waals surface area contributed by atoms with Gasteiger partial charge in [0.25, 0.3) is 0 Å². The van der Waals surface area contributed by atoms with Gasteiger partial charge in [0.2, 0.25) is 0 Å². The molecule has 0 radical (unpaired) electrons. The van der Waals surface area contributed by atoms with Gasteiger partial charge >= 0.3 is 5.97 Å². The van der Waals surface area contributed by atoms with Crippen molar-refractivity contribution in [3.05, 3.63) is 29.3 Å². The summed E-state index contributed by atoms with van der Waals surface area (Å²) in [6.45, 7) is 2.99. The first-order chi connectivity index (χ1) is 9.59. The number of carbonyl (C=O) groups is 1. The van der Waals surface area contributed by atoms with Gasteiger partial charge in [-0.15, -0.1) is 0 Å². The maximum Gasteiger partial charge on any atom is 0.338 e. The lowest BCUT2D eigenvalue weighted by molar-refractivity contribution is -0.166. The molecule has 1 saturated heterocycles. The zero-order chi connectivity index (χ0) is 14.6. The van der Waals surface area contributed by atoms with E-state index in [4.69, 9.17) is 19.9 Å². The molecule has 1 aromatic rings. The predicted octanol–water partition coefficient (Wildman–Crippen LogP) is 1.77. The molecule has 1 unspecified atom stereocenters. The van der Waals surface area contributed by atoms with Crippen molar-refractivity contribution in [2.24, 2.45) is 5.73 Å². The normalized spacial score (nSPS) is 21.8. The van der Waals surface area contributed by atoms with Gasteiger partial charge in [0.05, 0.1) is 7.11 Å². The van der Waals surface area contributed by atoms with Crippen molar-refractivity contribution in [2.45, 2.75) is 38.5 Å². The van der Waals surface area contributed by atoms with Crippen LogP contribution >= 0.6 is 0 Å². The van der Waals surface area contributed by atoms with Gasteiger partial charge in [0.1, 0.15) is 12.4 Å². The minimum Gasteiger partial charge on any atom is -0.496 e. The number of ether oxygens (including phenoxy) is 3. The lowest BCUT2D eigenvalue weighted by Gasteiger charge is -2.21. The number of esters is 1. The first kappa shape index (κ1) is 14.8. The number of methoxy groups -OCH3 is 1. The molecule has 1 aliphatic heterocycles. The third-order valence-corrected chi connectivity index (χ3v) is 3.59. The molecule has 2 rings (SSSR count). The van der Waals surface area contributed by atoms with Crippen molar-refractivity contribution < 1.29 is 19.0 Å². The highest BCUT2D eigenvalue weighted by atomic mass is 16.6. The van der Waals surface area contributed by atoms with Gasteiger partial charge in [0.15, 0.2) is 5.60 Å². The van der Waals surface area contributed by atoms with Gasteiger partial charge in [-0.1, -0.05) is 6.07 Å². The van der Waals surface area contributed by atoms with Crippen LogP contribution in [0.25, 0.3) is 0 Å². The summed E-state index contributed by atoms with van der Waals surface area (Å²) < 4.78 is 16.0. The zero-order valence-corrected chi connectivity index (χ0v) is 12.0. The lowest BCUT2D eigenvalue weighted by atomic mass is 10.0. The number of nitrogens with two attached hydrogens (primary N) is 1. The lowest BCUT2D eigenvalue weighted by Crippen LogP contribution is -2.35. The summed E-state index contributed by atoms with van der Waals surface area (Å²) in [6.07, 6.45) is 1.61. The molecule has 0 saturated carbocycles. The van der Waals surface area contributed by atoms with Gasteiger partial charge in [-0.3, -0.25) is 0 Å². The number of hydrogen-bond donors (Lipinski definition) is 1. The van der Waals surface area contributed by atoms with E-state index in [0.29, 0.717) is 19.6 Å². The van der Waals surface area contributed by atoms with E-state index in [2.05, 4.69) is 0 Å². The first-order valence-corrected chi connectivity index (χ1v) is 6.76. The SMILES string of the molecule is COc1ccc(COC(=O)C2(C)CCCO2)cc1CN. The van der Waals surface area contributed by atoms with Crippen molar-refractivity contribution in [3.63, 3.8) is 0 Å². The predicted molar refractivity (Wildman–Crippen MR) is 74.3 cm³/mol. The van der Waals surface area contributed by atoms with Crippen LogP contribution < -0.4 is 10.5 Å². The number of rotatable bonds is 5. The smallest absolute Gasteiger partial charge is 0.338 e. The Kier molecular flexibility index (Phi) is 4.62. The van der Waals surface area contributed by atoms with Crippen LogP contribution in [0.15, 0.2) is 18.2 Å². The minimum atomic E-state index is -0.789. The number of benzene rings is 1. The van der Waals surface area contributed by atoms with E-state index in [9.17, 15) is 4.79 Å². The van der Waals surface area contributed by atoms with E-state index in [-0.39, 0.29) is 12.6 Å². The monoisotopic (exact) mass is 279 g/mol. The fourth-order valence-electron chi connectivity index (χ4n) is 2.32. The Hall–Kier alpha value is -1.59. The van der Waals surface area contributed by atoms with Crippen LogP contribution in [0.4, 0.5) is 0 Å². The van der Waals surface area contributed by atoms with Crippen LogP contribution in [-0.2, 0) is 27.4 Å². The van der Waals surface area contributed by atoms with Gasteiger partial charge in [-0.05, 0) is 37.5 Å². The topological polar surface area (TPSA) is 70.8 Å². The fraction of sp³-hybridized carbons (Fsp3) is 0.533. The Morgan fingerprint density at radius 2 is 2.30 bits per heavy atom. The molecule has 5 nitrogen and oxygen atoms in total. The van der Waals surface area contributed by atoms with E-state index >= 15 is 0 Å². The van der Waals surface area contributed by atoms with Crippen molar-refractivity contribution in [1.29, 1.82) is 0 Å². The highest BCUT2D eigenvalue weighted by molar-refractivity contribution is 5.79. The molecule has 1 heterocycles. The van der Waals surface area contributed by atoms with Crippen LogP contribution in [-0.4, -0.2) is 25.3 Å². The maximum absolute atomic E-state index is 12.0. The molecule has 1 atom stereocenters. The summed E-state index contributed by atoms with van der Waals surface area (Å²) in [5, 5.41) is 0. The molecule has 0 spiro atoms. The average molecular weight is 279 g/mol. The highest BCUT2D eigenvalue weighted by Gasteiger charge is 2.39. The summed E-state index contributed by atoms with van der Waals surface area (Å²) in [6, 6.07) is 5.59. The van der Waals surface area contributed by atoms with Crippen LogP contribution in [0, 0.1) is 0 Å². The van der Waals surface area contributed by atoms with Crippen molar-refractivity contribution in [2.75, 3.05) is 13.7 Å². The molecule has 110 valence electrons. The van der Waals surface area contributed by atoms with Crippen LogP contribution in [0.2, 0.25) is 0 Å². The second kappa shape index (κ2) is 6.24. The second-order valence-electron chi connectivity index (χ2n) is 5.11. The highest BCUT2D eigenvalue weighted by Crippen LogP contribution is 2.27. The maximum atomic E-state index is 12.0. The molecule has 20 heavy (non-hydrogen) atoms. The van der Waals surface area contributed by atoms with E-state index < -0.39 is 5.60 Å². The van der Waals surface area contributed by atoms with Crippen molar-refractivity contribution in [1.82, 2.24) is 0 Å². The molecule has 0 bridgehead atoms. The average Bonchev–Trinajstić information content (AvgIpc) is 2.92. The molecule has 1 aliphatic rings. The van der Waals surface area contributed by atoms with Gasteiger partial charge in [-0.25, -0.2) is 4.79 Å². The summed E-state index contributed by atoms with van der Waals surface area (Å²) in [5.74, 6) is 0.439. The Morgan fingerprint density at radius 1 is 1.50 bits per heavy atom. The Morgan fingerprint density at radius 3 is 2.90 bits per heavy atom. The Bertz CT molecular complexity index is 481. The van der Waals surface area contributed by atoms with Gasteiger partial charge in [0, 0.05) is 18.7 Å². The van der Waals surface area contributed by atoms with Crippen molar-refractivity contribution >= 4 is 5.97 Å². The molecule has 0 aliphatic carbocycles. The largest absolute Gasteiger partial charge is 0.496 e. The van der Waals surface area contributed by atoms with E-state index in [0.717, 1.165) is 23.3 Å². The minimum absolute atomic E-state index is 0.217. The first-order valence-electron chi connectivity index (χ1n) is 6.76. The molecule has 1 aromatic carbocycles. The molecular formula is C15H21NO4. The van der Waals surface area contributed by atoms with Gasteiger partial charge < -0.3 is 19.9 Å². The Labute approximate surface area is 119 Å². The number of carbonyl (C=O) groups excluding carboxylic acids is 1. The standard InChI is InChI=1S/C15H21NO4/c1-15(6-3-7-20-15)14(17)19-10-11-4-5-13(18-2)12(8-11)9-16/h4-5,8H,3,6-7,9-10,16H2,1-2H3. The third kappa shape index (κ3) is 3.11. The zero-order valence-electron chi connectivity index (χ0n) is 12.0. The Balaban J connectivity index is 1.98. The second-order valence-corrected chi connectivity index (χ2v) is 5.11. The molecular weight excluding hydrogens is 258 g/mol. The molecule has 5 heteroatoms. The summed E-state index contributed by atoms with van der Waals surface area (Å²) >= 11 is 0. The van der Waals surface area contributed by atoms with Crippen LogP contribution in [0.1, 0.15) is 30.9 Å². The summed E-state index contributed by atoms with van der Waals surface area (Å²) in [5.41, 5.74) is 6.66. The molecule has 0 amide bonds. The molecule has 0 aromatic heterocycles. The summed E-state index contributed by atoms with van der Waals surface area (Å²) in [7, 11) is 1.60.